The molecule has 2 aliphatic heterocycles. The van der Waals surface area contributed by atoms with Gasteiger partial charge in [0.1, 0.15) is 0 Å². The topological polar surface area (TPSA) is 3.24 Å². The van der Waals surface area contributed by atoms with Crippen molar-refractivity contribution in [2.24, 2.45) is 0 Å². The fourth-order valence-corrected chi connectivity index (χ4v) is 4.98. The van der Waals surface area contributed by atoms with Crippen molar-refractivity contribution in [2.75, 3.05) is 7.05 Å². The largest absolute Gasteiger partial charge is 0.275 e. The normalized spacial score (nSPS) is 27.7. The molecule has 0 spiro atoms. The van der Waals surface area contributed by atoms with Crippen LogP contribution in [0.3, 0.4) is 0 Å². The van der Waals surface area contributed by atoms with Crippen LogP contribution < -0.4 is 0 Å². The molecule has 0 N–H and O–H groups in total. The first-order valence-corrected chi connectivity index (χ1v) is 8.21. The van der Waals surface area contributed by atoms with Crippen LogP contribution in [-0.2, 0) is 11.1 Å². The molecule has 112 valence electrons. The number of rotatable bonds is 1. The Bertz CT molecular complexity index is 863. The summed E-state index contributed by atoms with van der Waals surface area (Å²) in [5.41, 5.74) is 6.83. The van der Waals surface area contributed by atoms with Gasteiger partial charge in [0.25, 0.3) is 0 Å². The molecule has 2 aliphatic rings. The third kappa shape index (κ3) is 1.26. The van der Waals surface area contributed by atoms with Crippen LogP contribution in [0.1, 0.15) is 34.7 Å². The van der Waals surface area contributed by atoms with E-state index in [1.165, 1.54) is 27.8 Å². The molecule has 1 nitrogen and oxygen atoms in total. The third-order valence-corrected chi connectivity index (χ3v) is 6.05. The Balaban J connectivity index is 1.98. The standard InChI is InChI=1S/C22H19N/c1-21-17-12-6-8-14-19(17)22(23(21)2,16-10-4-3-5-11-16)20-15-9-7-13-18(20)21/h3-15H,1-2H3. The first kappa shape index (κ1) is 13.1. The van der Waals surface area contributed by atoms with Crippen molar-refractivity contribution in [3.05, 3.63) is 107 Å². The lowest BCUT2D eigenvalue weighted by molar-refractivity contribution is 0.152. The van der Waals surface area contributed by atoms with Crippen LogP contribution in [-0.4, -0.2) is 11.9 Å². The minimum absolute atomic E-state index is 0.0664. The van der Waals surface area contributed by atoms with Crippen LogP contribution in [0.15, 0.2) is 78.9 Å². The predicted octanol–water partition coefficient (Wildman–Crippen LogP) is 4.50. The maximum absolute atomic E-state index is 2.56. The highest BCUT2D eigenvalue weighted by Gasteiger charge is 2.63. The lowest BCUT2D eigenvalue weighted by atomic mass is 9.70. The molecule has 0 radical (unpaired) electrons. The Kier molecular flexibility index (Phi) is 2.35. The maximum atomic E-state index is 2.56. The highest BCUT2D eigenvalue weighted by molar-refractivity contribution is 5.69. The second kappa shape index (κ2) is 4.12. The van der Waals surface area contributed by atoms with Gasteiger partial charge in [0.05, 0.1) is 11.1 Å². The van der Waals surface area contributed by atoms with E-state index in [1.54, 1.807) is 0 Å². The Morgan fingerprint density at radius 3 is 1.57 bits per heavy atom. The molecule has 23 heavy (non-hydrogen) atoms. The zero-order valence-electron chi connectivity index (χ0n) is 13.5. The van der Waals surface area contributed by atoms with E-state index in [2.05, 4.69) is 97.7 Å². The summed E-state index contributed by atoms with van der Waals surface area (Å²) in [4.78, 5) is 2.56. The lowest BCUT2D eigenvalue weighted by Gasteiger charge is -2.36. The number of hydrogen-bond donors (Lipinski definition) is 0. The summed E-state index contributed by atoms with van der Waals surface area (Å²) in [6.07, 6.45) is 0. The van der Waals surface area contributed by atoms with Crippen molar-refractivity contribution in [1.29, 1.82) is 0 Å². The van der Waals surface area contributed by atoms with Gasteiger partial charge >= 0.3 is 0 Å². The molecule has 0 aliphatic carbocycles. The Labute approximate surface area is 137 Å². The smallest absolute Gasteiger partial charge is 0.0987 e. The summed E-state index contributed by atoms with van der Waals surface area (Å²) in [5.74, 6) is 0. The summed E-state index contributed by atoms with van der Waals surface area (Å²) in [7, 11) is 2.27. The summed E-state index contributed by atoms with van der Waals surface area (Å²) in [6, 6.07) is 28.8. The maximum Gasteiger partial charge on any atom is 0.0987 e. The minimum Gasteiger partial charge on any atom is -0.275 e. The van der Waals surface area contributed by atoms with Gasteiger partial charge in [-0.25, -0.2) is 0 Å². The molecule has 5 rings (SSSR count). The average molecular weight is 297 g/mol. The molecule has 1 heteroatoms. The average Bonchev–Trinajstić information content (AvgIpc) is 2.95. The number of fused-ring (bicyclic) bond motifs is 8. The zero-order valence-corrected chi connectivity index (χ0v) is 13.5. The Morgan fingerprint density at radius 1 is 0.609 bits per heavy atom. The molecule has 0 amide bonds. The van der Waals surface area contributed by atoms with Crippen LogP contribution in [0.2, 0.25) is 0 Å². The van der Waals surface area contributed by atoms with E-state index < -0.39 is 0 Å². The fraction of sp³-hybridized carbons (Fsp3) is 0.182. The molecule has 0 saturated carbocycles. The SMILES string of the molecule is CN1C2(C)c3ccccc3C1(c1ccccc1)c1ccccc12. The van der Waals surface area contributed by atoms with E-state index >= 15 is 0 Å². The number of hydrogen-bond acceptors (Lipinski definition) is 1. The van der Waals surface area contributed by atoms with E-state index in [9.17, 15) is 0 Å². The second-order valence-electron chi connectivity index (χ2n) is 6.80. The molecule has 2 bridgehead atoms. The molecule has 0 saturated heterocycles. The second-order valence-corrected chi connectivity index (χ2v) is 6.80. The van der Waals surface area contributed by atoms with Crippen LogP contribution in [0.25, 0.3) is 0 Å². The first-order chi connectivity index (χ1) is 11.2. The molecule has 3 aromatic carbocycles. The predicted molar refractivity (Wildman–Crippen MR) is 93.4 cm³/mol. The van der Waals surface area contributed by atoms with Gasteiger partial charge in [-0.15, -0.1) is 0 Å². The van der Waals surface area contributed by atoms with Gasteiger partial charge in [-0.2, -0.15) is 0 Å². The first-order valence-electron chi connectivity index (χ1n) is 8.21. The molecule has 0 atom stereocenters. The van der Waals surface area contributed by atoms with Crippen molar-refractivity contribution in [1.82, 2.24) is 4.90 Å². The molecule has 2 heterocycles. The van der Waals surface area contributed by atoms with Crippen molar-refractivity contribution in [3.63, 3.8) is 0 Å². The van der Waals surface area contributed by atoms with Crippen LogP contribution in [0.4, 0.5) is 0 Å². The number of nitrogens with zero attached hydrogens (tertiary/aromatic N) is 1. The van der Waals surface area contributed by atoms with E-state index in [0.29, 0.717) is 0 Å². The van der Waals surface area contributed by atoms with Gasteiger partial charge in [0.2, 0.25) is 0 Å². The molecule has 0 aromatic heterocycles. The van der Waals surface area contributed by atoms with Crippen molar-refractivity contribution in [2.45, 2.75) is 18.0 Å². The van der Waals surface area contributed by atoms with E-state index in [1.807, 2.05) is 0 Å². The summed E-state index contributed by atoms with van der Waals surface area (Å²) >= 11 is 0. The minimum atomic E-state index is -0.177. The van der Waals surface area contributed by atoms with Gasteiger partial charge in [-0.3, -0.25) is 4.90 Å². The highest BCUT2D eigenvalue weighted by Crippen LogP contribution is 2.64. The third-order valence-electron chi connectivity index (χ3n) is 6.05. The molecule has 3 aromatic rings. The molecule has 0 fully saturated rings. The summed E-state index contributed by atoms with van der Waals surface area (Å²) in [5, 5.41) is 0. The lowest BCUT2D eigenvalue weighted by Crippen LogP contribution is -2.42. The van der Waals surface area contributed by atoms with Gasteiger partial charge in [0, 0.05) is 0 Å². The Morgan fingerprint density at radius 2 is 1.04 bits per heavy atom. The Hall–Kier alpha value is -2.38. The van der Waals surface area contributed by atoms with Gasteiger partial charge < -0.3 is 0 Å². The van der Waals surface area contributed by atoms with E-state index in [0.717, 1.165) is 0 Å². The summed E-state index contributed by atoms with van der Waals surface area (Å²) in [6.45, 7) is 2.36. The van der Waals surface area contributed by atoms with Crippen molar-refractivity contribution < 1.29 is 0 Å². The van der Waals surface area contributed by atoms with Gasteiger partial charge in [-0.1, -0.05) is 78.9 Å². The molecular weight excluding hydrogens is 278 g/mol. The zero-order chi connectivity index (χ0) is 15.7. The van der Waals surface area contributed by atoms with E-state index in [-0.39, 0.29) is 11.1 Å². The molecule has 0 unspecified atom stereocenters. The van der Waals surface area contributed by atoms with Crippen LogP contribution in [0, 0.1) is 0 Å². The van der Waals surface area contributed by atoms with Gasteiger partial charge in [-0.05, 0) is 41.8 Å². The van der Waals surface area contributed by atoms with Crippen molar-refractivity contribution in [3.8, 4) is 0 Å². The molecular formula is C22H19N. The highest BCUT2D eigenvalue weighted by atomic mass is 15.3. The summed E-state index contributed by atoms with van der Waals surface area (Å²) < 4.78 is 0. The van der Waals surface area contributed by atoms with E-state index in [4.69, 9.17) is 0 Å². The quantitative estimate of drug-likeness (QED) is 0.639. The van der Waals surface area contributed by atoms with Gasteiger partial charge in [0.15, 0.2) is 0 Å². The number of benzene rings is 3. The monoisotopic (exact) mass is 297 g/mol. The fourth-order valence-electron chi connectivity index (χ4n) is 4.98. The van der Waals surface area contributed by atoms with Crippen LogP contribution in [0.5, 0.6) is 0 Å². The van der Waals surface area contributed by atoms with Crippen LogP contribution >= 0.6 is 0 Å². The van der Waals surface area contributed by atoms with Crippen molar-refractivity contribution >= 4 is 0 Å².